The first-order chi connectivity index (χ1) is 8.59. The molecule has 0 spiro atoms. The summed E-state index contributed by atoms with van der Waals surface area (Å²) in [5, 5.41) is 0. The Hall–Kier alpha value is -0.980. The Bertz CT molecular complexity index is 518. The molecule has 3 rings (SSSR count). The van der Waals surface area contributed by atoms with Crippen LogP contribution in [-0.4, -0.2) is 54.8 Å². The molecule has 2 atom stereocenters. The van der Waals surface area contributed by atoms with Crippen molar-refractivity contribution in [2.45, 2.75) is 29.8 Å². The highest BCUT2D eigenvalue weighted by Gasteiger charge is 2.45. The molecule has 3 heterocycles. The zero-order valence-corrected chi connectivity index (χ0v) is 11.2. The van der Waals surface area contributed by atoms with Gasteiger partial charge in [0.15, 0.2) is 0 Å². The summed E-state index contributed by atoms with van der Waals surface area (Å²) < 4.78 is 27.0. The van der Waals surface area contributed by atoms with Gasteiger partial charge in [0, 0.05) is 37.6 Å². The second kappa shape index (κ2) is 4.29. The van der Waals surface area contributed by atoms with E-state index in [-0.39, 0.29) is 12.1 Å². The Morgan fingerprint density at radius 1 is 1.28 bits per heavy atom. The number of likely N-dealkylation sites (tertiary alicyclic amines) is 1. The van der Waals surface area contributed by atoms with E-state index in [0.717, 1.165) is 25.9 Å². The number of piperazine rings is 1. The Kier molecular flexibility index (Phi) is 2.88. The van der Waals surface area contributed by atoms with Crippen LogP contribution in [0, 0.1) is 0 Å². The Labute approximate surface area is 107 Å². The van der Waals surface area contributed by atoms with E-state index in [4.69, 9.17) is 0 Å². The number of sulfonamides is 1. The molecule has 2 aliphatic heterocycles. The molecule has 0 saturated carbocycles. The zero-order valence-electron chi connectivity index (χ0n) is 10.4. The minimum Gasteiger partial charge on any atom is -0.303 e. The number of aromatic nitrogens is 1. The van der Waals surface area contributed by atoms with E-state index in [9.17, 15) is 8.42 Å². The quantitative estimate of drug-likeness (QED) is 0.785. The SMILES string of the molecule is CN1CC2CCC(C1)N2S(=O)(=O)c1cccnc1. The van der Waals surface area contributed by atoms with Crippen molar-refractivity contribution in [1.29, 1.82) is 0 Å². The van der Waals surface area contributed by atoms with Crippen molar-refractivity contribution in [3.8, 4) is 0 Å². The van der Waals surface area contributed by atoms with Gasteiger partial charge >= 0.3 is 0 Å². The first-order valence-corrected chi connectivity index (χ1v) is 7.65. The second-order valence-corrected chi connectivity index (χ2v) is 6.97. The van der Waals surface area contributed by atoms with Crippen molar-refractivity contribution in [2.24, 2.45) is 0 Å². The third-order valence-corrected chi connectivity index (χ3v) is 5.80. The lowest BCUT2D eigenvalue weighted by atomic mass is 10.2. The molecular weight excluding hydrogens is 250 g/mol. The summed E-state index contributed by atoms with van der Waals surface area (Å²) >= 11 is 0. The number of pyridine rings is 1. The lowest BCUT2D eigenvalue weighted by Gasteiger charge is -2.38. The molecule has 0 aromatic carbocycles. The summed E-state index contributed by atoms with van der Waals surface area (Å²) in [5.41, 5.74) is 0. The monoisotopic (exact) mass is 267 g/mol. The molecular formula is C12H17N3O2S. The lowest BCUT2D eigenvalue weighted by molar-refractivity contribution is 0.154. The van der Waals surface area contributed by atoms with Gasteiger partial charge in [0.2, 0.25) is 10.0 Å². The topological polar surface area (TPSA) is 53.5 Å². The fourth-order valence-corrected chi connectivity index (χ4v) is 4.91. The maximum Gasteiger partial charge on any atom is 0.245 e. The smallest absolute Gasteiger partial charge is 0.245 e. The van der Waals surface area contributed by atoms with Crippen LogP contribution in [0.25, 0.3) is 0 Å². The van der Waals surface area contributed by atoms with Gasteiger partial charge in [0.05, 0.1) is 0 Å². The van der Waals surface area contributed by atoms with E-state index in [1.807, 2.05) is 0 Å². The molecule has 0 aliphatic carbocycles. The van der Waals surface area contributed by atoms with Crippen LogP contribution in [0.5, 0.6) is 0 Å². The lowest BCUT2D eigenvalue weighted by Crippen LogP contribution is -2.54. The van der Waals surface area contributed by atoms with Gasteiger partial charge in [0.1, 0.15) is 4.90 Å². The van der Waals surface area contributed by atoms with Gasteiger partial charge in [-0.25, -0.2) is 8.42 Å². The average molecular weight is 267 g/mol. The summed E-state index contributed by atoms with van der Waals surface area (Å²) in [4.78, 5) is 6.45. The Morgan fingerprint density at radius 2 is 1.94 bits per heavy atom. The van der Waals surface area contributed by atoms with Crippen molar-refractivity contribution >= 4 is 10.0 Å². The number of hydrogen-bond acceptors (Lipinski definition) is 4. The van der Waals surface area contributed by atoms with Gasteiger partial charge in [-0.2, -0.15) is 4.31 Å². The van der Waals surface area contributed by atoms with Crippen LogP contribution in [0.1, 0.15) is 12.8 Å². The Balaban J connectivity index is 1.96. The van der Waals surface area contributed by atoms with Crippen molar-refractivity contribution in [3.63, 3.8) is 0 Å². The van der Waals surface area contributed by atoms with E-state index in [1.165, 1.54) is 6.20 Å². The van der Waals surface area contributed by atoms with Crippen LogP contribution < -0.4 is 0 Å². The molecule has 18 heavy (non-hydrogen) atoms. The summed E-state index contributed by atoms with van der Waals surface area (Å²) in [5.74, 6) is 0. The molecule has 5 nitrogen and oxygen atoms in total. The van der Waals surface area contributed by atoms with Crippen LogP contribution in [0.2, 0.25) is 0 Å². The molecule has 2 bridgehead atoms. The highest BCUT2D eigenvalue weighted by Crippen LogP contribution is 2.34. The Morgan fingerprint density at radius 3 is 2.50 bits per heavy atom. The largest absolute Gasteiger partial charge is 0.303 e. The minimum atomic E-state index is -3.38. The van der Waals surface area contributed by atoms with Gasteiger partial charge in [0.25, 0.3) is 0 Å². The van der Waals surface area contributed by atoms with Gasteiger partial charge < -0.3 is 4.90 Å². The van der Waals surface area contributed by atoms with Crippen LogP contribution in [-0.2, 0) is 10.0 Å². The van der Waals surface area contributed by atoms with E-state index in [1.54, 1.807) is 22.6 Å². The summed E-state index contributed by atoms with van der Waals surface area (Å²) in [6, 6.07) is 3.54. The predicted molar refractivity (Wildman–Crippen MR) is 67.6 cm³/mol. The van der Waals surface area contributed by atoms with Crippen molar-refractivity contribution in [3.05, 3.63) is 24.5 Å². The molecule has 2 aliphatic rings. The second-order valence-electron chi connectivity index (χ2n) is 5.13. The van der Waals surface area contributed by atoms with Crippen LogP contribution in [0.15, 0.2) is 29.4 Å². The van der Waals surface area contributed by atoms with E-state index >= 15 is 0 Å². The zero-order chi connectivity index (χ0) is 12.8. The normalized spacial score (nSPS) is 29.6. The molecule has 2 fully saturated rings. The maximum absolute atomic E-state index is 12.6. The number of likely N-dealkylation sites (N-methyl/N-ethyl adjacent to an activating group) is 1. The summed E-state index contributed by atoms with van der Waals surface area (Å²) in [7, 11) is -1.32. The third-order valence-electron chi connectivity index (χ3n) is 3.81. The molecule has 6 heteroatoms. The van der Waals surface area contributed by atoms with Crippen molar-refractivity contribution in [1.82, 2.24) is 14.2 Å². The molecule has 2 unspecified atom stereocenters. The number of hydrogen-bond donors (Lipinski definition) is 0. The first-order valence-electron chi connectivity index (χ1n) is 6.21. The van der Waals surface area contributed by atoms with Crippen LogP contribution in [0.4, 0.5) is 0 Å². The molecule has 0 radical (unpaired) electrons. The standard InChI is InChI=1S/C12H17N3O2S/c1-14-8-10-4-5-11(9-14)15(10)18(16,17)12-3-2-6-13-7-12/h2-3,6-7,10-11H,4-5,8-9H2,1H3. The predicted octanol–water partition coefficient (Wildman–Crippen LogP) is 0.549. The number of rotatable bonds is 2. The van der Waals surface area contributed by atoms with E-state index < -0.39 is 10.0 Å². The highest BCUT2D eigenvalue weighted by atomic mass is 32.2. The molecule has 1 aromatic rings. The van der Waals surface area contributed by atoms with Crippen LogP contribution in [0.3, 0.4) is 0 Å². The third kappa shape index (κ3) is 1.84. The van der Waals surface area contributed by atoms with Gasteiger partial charge in [-0.3, -0.25) is 4.98 Å². The molecule has 1 aromatic heterocycles. The fourth-order valence-electron chi connectivity index (χ4n) is 3.09. The minimum absolute atomic E-state index is 0.124. The number of fused-ring (bicyclic) bond motifs is 2. The van der Waals surface area contributed by atoms with E-state index in [2.05, 4.69) is 16.9 Å². The molecule has 0 N–H and O–H groups in total. The van der Waals surface area contributed by atoms with Crippen LogP contribution >= 0.6 is 0 Å². The number of nitrogens with zero attached hydrogens (tertiary/aromatic N) is 3. The van der Waals surface area contributed by atoms with Gasteiger partial charge in [-0.15, -0.1) is 0 Å². The highest BCUT2D eigenvalue weighted by molar-refractivity contribution is 7.89. The van der Waals surface area contributed by atoms with Crippen molar-refractivity contribution < 1.29 is 8.42 Å². The first kappa shape index (κ1) is 12.1. The summed E-state index contributed by atoms with van der Waals surface area (Å²) in [6.07, 6.45) is 4.97. The molecule has 2 saturated heterocycles. The molecule has 98 valence electrons. The summed E-state index contributed by atoms with van der Waals surface area (Å²) in [6.45, 7) is 1.66. The van der Waals surface area contributed by atoms with E-state index in [0.29, 0.717) is 4.90 Å². The maximum atomic E-state index is 12.6. The van der Waals surface area contributed by atoms with Gasteiger partial charge in [-0.05, 0) is 32.0 Å². The fraction of sp³-hybridized carbons (Fsp3) is 0.583. The van der Waals surface area contributed by atoms with Gasteiger partial charge in [-0.1, -0.05) is 0 Å². The average Bonchev–Trinajstić information content (AvgIpc) is 2.64. The van der Waals surface area contributed by atoms with Crippen molar-refractivity contribution in [2.75, 3.05) is 20.1 Å². The molecule has 0 amide bonds.